The quantitative estimate of drug-likeness (QED) is 0.542. The minimum atomic E-state index is -0.666. The van der Waals surface area contributed by atoms with Crippen LogP contribution in [0.1, 0.15) is 27.2 Å². The third-order valence-electron chi connectivity index (χ3n) is 5.72. The standard InChI is InChI=1S/C23H23ClFN5O3/c1-23(2,3)33-22(31)30-11-13-9-14(30)10-29(13)18-8-7-16-20(28-18)21(27-12-26-16)32-17-6-4-5-15(24)19(17)25/h4-8,12-14H,9-11H2,1-3H3/t13-,14-/m0/s1. The molecule has 2 atom stereocenters. The summed E-state index contributed by atoms with van der Waals surface area (Å²) in [6, 6.07) is 8.43. The summed E-state index contributed by atoms with van der Waals surface area (Å²) < 4.78 is 25.6. The Bertz CT molecular complexity index is 1230. The molecule has 0 radical (unpaired) electrons. The second-order valence-electron chi connectivity index (χ2n) is 9.20. The van der Waals surface area contributed by atoms with Crippen LogP contribution in [0.2, 0.25) is 5.02 Å². The molecule has 0 spiro atoms. The maximum Gasteiger partial charge on any atom is 0.410 e. The lowest BCUT2D eigenvalue weighted by molar-refractivity contribution is 0.0214. The summed E-state index contributed by atoms with van der Waals surface area (Å²) >= 11 is 5.87. The smallest absolute Gasteiger partial charge is 0.410 e. The van der Waals surface area contributed by atoms with Gasteiger partial charge in [0.15, 0.2) is 17.1 Å². The lowest BCUT2D eigenvalue weighted by Gasteiger charge is -2.35. The number of likely N-dealkylation sites (tertiary alicyclic amines) is 1. The highest BCUT2D eigenvalue weighted by atomic mass is 35.5. The van der Waals surface area contributed by atoms with Crippen LogP contribution in [0.4, 0.5) is 15.0 Å². The number of rotatable bonds is 3. The Labute approximate surface area is 195 Å². The molecular weight excluding hydrogens is 449 g/mol. The van der Waals surface area contributed by atoms with E-state index in [-0.39, 0.29) is 34.8 Å². The molecule has 2 aromatic heterocycles. The number of nitrogens with zero attached hydrogens (tertiary/aromatic N) is 5. The summed E-state index contributed by atoms with van der Waals surface area (Å²) in [6.07, 6.45) is 1.91. The zero-order valence-electron chi connectivity index (χ0n) is 18.5. The fraction of sp³-hybridized carbons (Fsp3) is 0.391. The van der Waals surface area contributed by atoms with Crippen molar-refractivity contribution in [2.75, 3.05) is 18.0 Å². The van der Waals surface area contributed by atoms with E-state index in [1.807, 2.05) is 32.9 Å². The molecule has 0 aliphatic carbocycles. The first-order chi connectivity index (χ1) is 15.7. The number of carbonyl (C=O) groups is 1. The van der Waals surface area contributed by atoms with E-state index in [1.54, 1.807) is 11.0 Å². The topological polar surface area (TPSA) is 80.7 Å². The van der Waals surface area contributed by atoms with Crippen LogP contribution in [0.15, 0.2) is 36.7 Å². The van der Waals surface area contributed by atoms with Crippen LogP contribution >= 0.6 is 11.6 Å². The van der Waals surface area contributed by atoms with E-state index in [9.17, 15) is 9.18 Å². The zero-order valence-corrected chi connectivity index (χ0v) is 19.2. The molecule has 10 heteroatoms. The number of hydrogen-bond donors (Lipinski definition) is 0. The molecule has 1 aromatic carbocycles. The van der Waals surface area contributed by atoms with E-state index < -0.39 is 11.4 Å². The summed E-state index contributed by atoms with van der Waals surface area (Å²) in [5.74, 6) is 0.164. The zero-order chi connectivity index (χ0) is 23.3. The minimum Gasteiger partial charge on any atom is -0.444 e. The highest BCUT2D eigenvalue weighted by molar-refractivity contribution is 6.30. The van der Waals surface area contributed by atoms with Gasteiger partial charge in [0.2, 0.25) is 5.88 Å². The largest absolute Gasteiger partial charge is 0.444 e. The van der Waals surface area contributed by atoms with E-state index in [2.05, 4.69) is 14.9 Å². The van der Waals surface area contributed by atoms with Gasteiger partial charge in [-0.05, 0) is 51.5 Å². The summed E-state index contributed by atoms with van der Waals surface area (Å²) in [4.78, 5) is 29.7. The molecule has 1 amide bonds. The monoisotopic (exact) mass is 471 g/mol. The number of anilines is 1. The fourth-order valence-corrected chi connectivity index (χ4v) is 4.47. The first-order valence-corrected chi connectivity index (χ1v) is 11.1. The molecule has 4 heterocycles. The van der Waals surface area contributed by atoms with Crippen molar-refractivity contribution in [2.45, 2.75) is 44.9 Å². The van der Waals surface area contributed by atoms with Crippen LogP contribution in [0, 0.1) is 5.82 Å². The highest BCUT2D eigenvalue weighted by Crippen LogP contribution is 2.36. The van der Waals surface area contributed by atoms with Crippen molar-refractivity contribution in [1.82, 2.24) is 19.9 Å². The van der Waals surface area contributed by atoms with Crippen molar-refractivity contribution in [3.05, 3.63) is 47.5 Å². The number of fused-ring (bicyclic) bond motifs is 3. The van der Waals surface area contributed by atoms with Crippen LogP contribution in [-0.4, -0.2) is 56.7 Å². The van der Waals surface area contributed by atoms with Crippen LogP contribution in [0.3, 0.4) is 0 Å². The van der Waals surface area contributed by atoms with Crippen molar-refractivity contribution in [3.8, 4) is 11.6 Å². The number of piperazine rings is 1. The summed E-state index contributed by atoms with van der Waals surface area (Å²) in [6.45, 7) is 6.81. The number of carbonyl (C=O) groups excluding carboxylic acids is 1. The maximum absolute atomic E-state index is 14.3. The number of halogens is 2. The molecule has 3 aromatic rings. The first-order valence-electron chi connectivity index (χ1n) is 10.7. The van der Waals surface area contributed by atoms with Gasteiger partial charge in [-0.15, -0.1) is 0 Å². The van der Waals surface area contributed by atoms with Gasteiger partial charge in [0, 0.05) is 13.1 Å². The molecule has 2 fully saturated rings. The normalized spacial score (nSPS) is 19.9. The van der Waals surface area contributed by atoms with Gasteiger partial charge in [0.1, 0.15) is 17.7 Å². The van der Waals surface area contributed by atoms with Gasteiger partial charge in [-0.25, -0.2) is 19.2 Å². The third kappa shape index (κ3) is 4.13. The van der Waals surface area contributed by atoms with E-state index in [0.29, 0.717) is 24.1 Å². The van der Waals surface area contributed by atoms with Gasteiger partial charge in [0.25, 0.3) is 0 Å². The molecular formula is C23H23ClFN5O3. The van der Waals surface area contributed by atoms with E-state index in [4.69, 9.17) is 26.1 Å². The Hall–Kier alpha value is -3.20. The Morgan fingerprint density at radius 2 is 1.97 bits per heavy atom. The van der Waals surface area contributed by atoms with Gasteiger partial charge in [-0.1, -0.05) is 17.7 Å². The van der Waals surface area contributed by atoms with Gasteiger partial charge >= 0.3 is 6.09 Å². The molecule has 0 unspecified atom stereocenters. The van der Waals surface area contributed by atoms with Gasteiger partial charge in [-0.3, -0.25) is 0 Å². The number of pyridine rings is 1. The van der Waals surface area contributed by atoms with Crippen molar-refractivity contribution >= 4 is 34.5 Å². The number of hydrogen-bond acceptors (Lipinski definition) is 7. The van der Waals surface area contributed by atoms with Crippen molar-refractivity contribution in [3.63, 3.8) is 0 Å². The average molecular weight is 472 g/mol. The lowest BCUT2D eigenvalue weighted by atomic mass is 10.2. The predicted octanol–water partition coefficient (Wildman–Crippen LogP) is 4.81. The van der Waals surface area contributed by atoms with Gasteiger partial charge in [0.05, 0.1) is 22.6 Å². The van der Waals surface area contributed by atoms with E-state index in [1.165, 1.54) is 18.5 Å². The Morgan fingerprint density at radius 1 is 1.15 bits per heavy atom. The summed E-state index contributed by atoms with van der Waals surface area (Å²) in [7, 11) is 0. The second kappa shape index (κ2) is 7.98. The average Bonchev–Trinajstić information content (AvgIpc) is 3.37. The second-order valence-corrected chi connectivity index (χ2v) is 9.61. The Balaban J connectivity index is 1.39. The SMILES string of the molecule is CC(C)(C)OC(=O)N1C[C@@H]2C[C@H]1CN2c1ccc2ncnc(Oc3cccc(Cl)c3F)c2n1. The number of ether oxygens (including phenoxy) is 2. The van der Waals surface area contributed by atoms with Crippen LogP contribution in [0.25, 0.3) is 11.0 Å². The van der Waals surface area contributed by atoms with Gasteiger partial charge < -0.3 is 19.3 Å². The summed E-state index contributed by atoms with van der Waals surface area (Å²) in [5.41, 5.74) is 0.462. The van der Waals surface area contributed by atoms with Crippen molar-refractivity contribution in [1.29, 1.82) is 0 Å². The Morgan fingerprint density at radius 3 is 2.70 bits per heavy atom. The minimum absolute atomic E-state index is 0.0389. The maximum atomic E-state index is 14.3. The lowest BCUT2D eigenvalue weighted by Crippen LogP contribution is -2.50. The highest BCUT2D eigenvalue weighted by Gasteiger charge is 2.47. The molecule has 2 aliphatic rings. The van der Waals surface area contributed by atoms with Crippen LogP contribution < -0.4 is 9.64 Å². The van der Waals surface area contributed by atoms with Gasteiger partial charge in [-0.2, -0.15) is 4.98 Å². The summed E-state index contributed by atoms with van der Waals surface area (Å²) in [5, 5.41) is -0.0397. The number of amides is 1. The third-order valence-corrected chi connectivity index (χ3v) is 6.01. The molecule has 33 heavy (non-hydrogen) atoms. The van der Waals surface area contributed by atoms with E-state index >= 15 is 0 Å². The first kappa shape index (κ1) is 21.6. The molecule has 2 saturated heterocycles. The van der Waals surface area contributed by atoms with Crippen molar-refractivity contribution < 1.29 is 18.7 Å². The molecule has 8 nitrogen and oxygen atoms in total. The molecule has 2 aliphatic heterocycles. The predicted molar refractivity (Wildman–Crippen MR) is 121 cm³/mol. The van der Waals surface area contributed by atoms with Crippen LogP contribution in [0.5, 0.6) is 11.6 Å². The number of aromatic nitrogens is 3. The van der Waals surface area contributed by atoms with Crippen LogP contribution in [-0.2, 0) is 4.74 Å². The van der Waals surface area contributed by atoms with Crippen molar-refractivity contribution in [2.24, 2.45) is 0 Å². The molecule has 172 valence electrons. The molecule has 2 bridgehead atoms. The number of benzene rings is 1. The Kier molecular flexibility index (Phi) is 5.23. The molecule has 5 rings (SSSR count). The van der Waals surface area contributed by atoms with E-state index in [0.717, 1.165) is 12.2 Å². The fourth-order valence-electron chi connectivity index (χ4n) is 4.30. The molecule has 0 saturated carbocycles. The molecule has 0 N–H and O–H groups in total.